The number of ether oxygens (including phenoxy) is 1. The molecule has 106 valence electrons. The van der Waals surface area contributed by atoms with Crippen molar-refractivity contribution in [3.63, 3.8) is 0 Å². The monoisotopic (exact) mass is 263 g/mol. The summed E-state index contributed by atoms with van der Waals surface area (Å²) in [4.78, 5) is 6.89. The minimum atomic E-state index is 0.0347. The van der Waals surface area contributed by atoms with Crippen molar-refractivity contribution in [1.29, 1.82) is 0 Å². The molecule has 0 saturated carbocycles. The minimum Gasteiger partial charge on any atom is -0.377 e. The highest BCUT2D eigenvalue weighted by molar-refractivity contribution is 5.56. The summed E-state index contributed by atoms with van der Waals surface area (Å²) in [6, 6.07) is 2.19. The number of anilines is 1. The topological polar surface area (TPSA) is 37.4 Å². The van der Waals surface area contributed by atoms with E-state index in [4.69, 9.17) is 4.74 Å². The lowest BCUT2D eigenvalue weighted by Crippen LogP contribution is -2.53. The molecule has 0 atom stereocenters. The molecule has 1 saturated heterocycles. The van der Waals surface area contributed by atoms with E-state index in [1.807, 2.05) is 13.1 Å². The third-order valence-corrected chi connectivity index (χ3v) is 3.60. The van der Waals surface area contributed by atoms with Gasteiger partial charge in [-0.15, -0.1) is 0 Å². The summed E-state index contributed by atoms with van der Waals surface area (Å²) in [5.74, 6) is 0. The molecule has 0 spiro atoms. The highest BCUT2D eigenvalue weighted by atomic mass is 16.5. The maximum atomic E-state index is 5.61. The van der Waals surface area contributed by atoms with E-state index in [0.717, 1.165) is 38.5 Å². The summed E-state index contributed by atoms with van der Waals surface area (Å²) in [6.45, 7) is 13.0. The van der Waals surface area contributed by atoms with Gasteiger partial charge in [-0.1, -0.05) is 6.92 Å². The maximum Gasteiger partial charge on any atom is 0.0694 e. The molecule has 0 radical (unpaired) electrons. The zero-order chi connectivity index (χ0) is 13.9. The zero-order valence-electron chi connectivity index (χ0n) is 12.5. The van der Waals surface area contributed by atoms with Crippen LogP contribution >= 0.6 is 0 Å². The Morgan fingerprint density at radius 1 is 1.47 bits per heavy atom. The Bertz CT molecular complexity index is 431. The molecule has 0 aromatic carbocycles. The van der Waals surface area contributed by atoms with Crippen LogP contribution in [0, 0.1) is 6.92 Å². The highest BCUT2D eigenvalue weighted by Gasteiger charge is 2.31. The van der Waals surface area contributed by atoms with Crippen molar-refractivity contribution in [2.75, 3.05) is 31.2 Å². The van der Waals surface area contributed by atoms with Crippen molar-refractivity contribution in [1.82, 2.24) is 10.3 Å². The molecule has 2 rings (SSSR count). The third kappa shape index (κ3) is 3.25. The van der Waals surface area contributed by atoms with Crippen molar-refractivity contribution < 1.29 is 4.74 Å². The number of pyridine rings is 1. The van der Waals surface area contributed by atoms with Crippen LogP contribution in [0.25, 0.3) is 0 Å². The van der Waals surface area contributed by atoms with Gasteiger partial charge in [0.1, 0.15) is 0 Å². The van der Waals surface area contributed by atoms with E-state index in [1.54, 1.807) is 0 Å². The lowest BCUT2D eigenvalue weighted by Gasteiger charge is -2.44. The molecule has 4 heteroatoms. The van der Waals surface area contributed by atoms with Crippen LogP contribution in [0.3, 0.4) is 0 Å². The van der Waals surface area contributed by atoms with Gasteiger partial charge in [0.05, 0.1) is 18.8 Å². The van der Waals surface area contributed by atoms with Crippen LogP contribution in [0.4, 0.5) is 5.69 Å². The molecular formula is C15H25N3O. The average molecular weight is 263 g/mol. The molecule has 0 unspecified atom stereocenters. The van der Waals surface area contributed by atoms with E-state index in [1.165, 1.54) is 11.3 Å². The van der Waals surface area contributed by atoms with Crippen molar-refractivity contribution in [3.05, 3.63) is 23.5 Å². The van der Waals surface area contributed by atoms with Gasteiger partial charge in [-0.2, -0.15) is 0 Å². The molecule has 0 bridgehead atoms. The number of nitrogens with zero attached hydrogens (tertiary/aromatic N) is 2. The quantitative estimate of drug-likeness (QED) is 0.903. The van der Waals surface area contributed by atoms with Crippen LogP contribution in [-0.4, -0.2) is 36.8 Å². The molecular weight excluding hydrogens is 238 g/mol. The van der Waals surface area contributed by atoms with E-state index in [0.29, 0.717) is 0 Å². The summed E-state index contributed by atoms with van der Waals surface area (Å²) >= 11 is 0. The Hall–Kier alpha value is -1.13. The fourth-order valence-electron chi connectivity index (χ4n) is 2.53. The summed E-state index contributed by atoms with van der Waals surface area (Å²) in [7, 11) is 0. The lowest BCUT2D eigenvalue weighted by atomic mass is 10.00. The molecule has 1 aromatic rings. The standard InChI is InChI=1S/C15H25N3O/c1-5-16-9-13-10-17-12(2)8-14(13)18-6-7-19-11-15(18,3)4/h8,10,16H,5-7,9,11H2,1-4H3. The second-order valence-corrected chi connectivity index (χ2v) is 5.75. The molecule has 1 aliphatic rings. The SMILES string of the molecule is CCNCc1cnc(C)cc1N1CCOCC1(C)C. The normalized spacial score (nSPS) is 18.6. The van der Waals surface area contributed by atoms with E-state index in [2.05, 4.69) is 42.0 Å². The first kappa shape index (κ1) is 14.3. The number of hydrogen-bond acceptors (Lipinski definition) is 4. The number of hydrogen-bond donors (Lipinski definition) is 1. The number of aryl methyl sites for hydroxylation is 1. The fraction of sp³-hybridized carbons (Fsp3) is 0.667. The first-order valence-electron chi connectivity index (χ1n) is 7.06. The second kappa shape index (κ2) is 5.88. The van der Waals surface area contributed by atoms with Gasteiger partial charge in [-0.05, 0) is 33.4 Å². The van der Waals surface area contributed by atoms with E-state index >= 15 is 0 Å². The average Bonchev–Trinajstić information content (AvgIpc) is 2.37. The van der Waals surface area contributed by atoms with E-state index in [-0.39, 0.29) is 5.54 Å². The molecule has 0 amide bonds. The van der Waals surface area contributed by atoms with Crippen molar-refractivity contribution in [2.45, 2.75) is 39.8 Å². The van der Waals surface area contributed by atoms with Crippen LogP contribution in [0.5, 0.6) is 0 Å². The largest absolute Gasteiger partial charge is 0.377 e. The summed E-state index contributed by atoms with van der Waals surface area (Å²) in [5, 5.41) is 3.39. The Kier molecular flexibility index (Phi) is 4.42. The van der Waals surface area contributed by atoms with Crippen molar-refractivity contribution >= 4 is 5.69 Å². The molecule has 2 heterocycles. The molecule has 1 aromatic heterocycles. The molecule has 1 fully saturated rings. The smallest absolute Gasteiger partial charge is 0.0694 e. The number of aromatic nitrogens is 1. The van der Waals surface area contributed by atoms with Crippen LogP contribution in [0.15, 0.2) is 12.3 Å². The number of morpholine rings is 1. The second-order valence-electron chi connectivity index (χ2n) is 5.75. The summed E-state index contributed by atoms with van der Waals surface area (Å²) in [5.41, 5.74) is 3.66. The highest BCUT2D eigenvalue weighted by Crippen LogP contribution is 2.30. The van der Waals surface area contributed by atoms with Gasteiger partial charge >= 0.3 is 0 Å². The Morgan fingerprint density at radius 3 is 2.95 bits per heavy atom. The fourth-order valence-corrected chi connectivity index (χ4v) is 2.53. The Balaban J connectivity index is 2.32. The van der Waals surface area contributed by atoms with Gasteiger partial charge in [0.2, 0.25) is 0 Å². The van der Waals surface area contributed by atoms with Crippen molar-refractivity contribution in [3.8, 4) is 0 Å². The third-order valence-electron chi connectivity index (χ3n) is 3.60. The van der Waals surface area contributed by atoms with Gasteiger partial charge in [-0.25, -0.2) is 0 Å². The van der Waals surface area contributed by atoms with E-state index in [9.17, 15) is 0 Å². The molecule has 4 nitrogen and oxygen atoms in total. The number of rotatable bonds is 4. The Labute approximate surface area is 116 Å². The Morgan fingerprint density at radius 2 is 2.26 bits per heavy atom. The molecule has 1 N–H and O–H groups in total. The summed E-state index contributed by atoms with van der Waals surface area (Å²) in [6.07, 6.45) is 2.00. The van der Waals surface area contributed by atoms with Crippen LogP contribution in [0.2, 0.25) is 0 Å². The van der Waals surface area contributed by atoms with Gasteiger partial charge in [-0.3, -0.25) is 4.98 Å². The van der Waals surface area contributed by atoms with E-state index < -0.39 is 0 Å². The minimum absolute atomic E-state index is 0.0347. The van der Waals surface area contributed by atoms with Crippen LogP contribution in [-0.2, 0) is 11.3 Å². The molecule has 0 aliphatic carbocycles. The van der Waals surface area contributed by atoms with Gasteiger partial charge < -0.3 is 15.0 Å². The van der Waals surface area contributed by atoms with Crippen LogP contribution < -0.4 is 10.2 Å². The maximum absolute atomic E-state index is 5.61. The number of nitrogens with one attached hydrogen (secondary N) is 1. The van der Waals surface area contributed by atoms with Crippen molar-refractivity contribution in [2.24, 2.45) is 0 Å². The molecule has 19 heavy (non-hydrogen) atoms. The predicted octanol–water partition coefficient (Wildman–Crippen LogP) is 2.11. The lowest BCUT2D eigenvalue weighted by molar-refractivity contribution is 0.0643. The predicted molar refractivity (Wildman–Crippen MR) is 78.6 cm³/mol. The first-order valence-corrected chi connectivity index (χ1v) is 7.06. The summed E-state index contributed by atoms with van der Waals surface area (Å²) < 4.78 is 5.61. The first-order chi connectivity index (χ1) is 9.04. The van der Waals surface area contributed by atoms with Crippen LogP contribution in [0.1, 0.15) is 32.0 Å². The van der Waals surface area contributed by atoms with Gasteiger partial charge in [0.15, 0.2) is 0 Å². The zero-order valence-corrected chi connectivity index (χ0v) is 12.5. The molecule has 1 aliphatic heterocycles. The van der Waals surface area contributed by atoms with Gasteiger partial charge in [0, 0.05) is 36.2 Å². The van der Waals surface area contributed by atoms with Gasteiger partial charge in [0.25, 0.3) is 0 Å².